The van der Waals surface area contributed by atoms with Gasteiger partial charge in [-0.3, -0.25) is 4.79 Å². The molecule has 1 amide bonds. The Hall–Kier alpha value is -0.830. The van der Waals surface area contributed by atoms with Crippen LogP contribution in [0.15, 0.2) is 12.2 Å². The first-order valence-corrected chi connectivity index (χ1v) is 3.21. The maximum atomic E-state index is 10.4. The quantitative estimate of drug-likeness (QED) is 0.549. The molecule has 0 saturated carbocycles. The van der Waals surface area contributed by atoms with Crippen molar-refractivity contribution in [1.82, 2.24) is 5.32 Å². The first-order chi connectivity index (χ1) is 4.70. The van der Waals surface area contributed by atoms with E-state index in [0.717, 1.165) is 0 Å². The number of aliphatic hydroxyl groups excluding tert-OH is 1. The van der Waals surface area contributed by atoms with Crippen molar-refractivity contribution in [3.8, 4) is 0 Å². The molecule has 0 saturated heterocycles. The molecule has 0 heterocycles. The molecule has 58 valence electrons. The summed E-state index contributed by atoms with van der Waals surface area (Å²) in [5.41, 5.74) is 0. The normalized spacial score (nSPS) is 13.5. The molecule has 0 bridgehead atoms. The second kappa shape index (κ2) is 4.99. The summed E-state index contributed by atoms with van der Waals surface area (Å²) in [5.74, 6) is -0.128. The van der Waals surface area contributed by atoms with Crippen LogP contribution in [0.25, 0.3) is 0 Å². The molecular weight excluding hydrogens is 130 g/mol. The number of hydrogen-bond acceptors (Lipinski definition) is 2. The molecule has 0 unspecified atom stereocenters. The highest BCUT2D eigenvalue weighted by Crippen LogP contribution is 1.84. The number of rotatable bonds is 3. The van der Waals surface area contributed by atoms with Crippen LogP contribution in [0.3, 0.4) is 0 Å². The minimum atomic E-state index is -0.234. The predicted octanol–water partition coefficient (Wildman–Crippen LogP) is 0.0595. The van der Waals surface area contributed by atoms with Gasteiger partial charge in [-0.15, -0.1) is 0 Å². The van der Waals surface area contributed by atoms with E-state index in [4.69, 9.17) is 5.11 Å². The number of allylic oxidation sites excluding steroid dienone is 1. The fraction of sp³-hybridized carbons (Fsp3) is 0.571. The lowest BCUT2D eigenvalue weighted by atomic mass is 10.3. The summed E-state index contributed by atoms with van der Waals surface area (Å²) in [4.78, 5) is 10.4. The minimum absolute atomic E-state index is 0.0517. The Bertz CT molecular complexity index is 132. The first-order valence-electron chi connectivity index (χ1n) is 3.21. The molecule has 2 N–H and O–H groups in total. The fourth-order valence-corrected chi connectivity index (χ4v) is 0.648. The number of amides is 1. The highest BCUT2D eigenvalue weighted by molar-refractivity contribution is 5.73. The molecule has 0 fully saturated rings. The molecule has 0 spiro atoms. The average Bonchev–Trinajstić information content (AvgIpc) is 1.86. The zero-order chi connectivity index (χ0) is 7.98. The molecule has 3 nitrogen and oxygen atoms in total. The maximum Gasteiger partial charge on any atom is 0.217 e. The van der Waals surface area contributed by atoms with Gasteiger partial charge < -0.3 is 10.4 Å². The van der Waals surface area contributed by atoms with Gasteiger partial charge in [-0.05, 0) is 6.92 Å². The van der Waals surface area contributed by atoms with Crippen molar-refractivity contribution in [2.24, 2.45) is 0 Å². The zero-order valence-electron chi connectivity index (χ0n) is 6.29. The Morgan fingerprint density at radius 1 is 1.80 bits per heavy atom. The summed E-state index contributed by atoms with van der Waals surface area (Å²) >= 11 is 0. The lowest BCUT2D eigenvalue weighted by molar-refractivity contribution is -0.119. The highest BCUT2D eigenvalue weighted by Gasteiger charge is 2.01. The van der Waals surface area contributed by atoms with E-state index in [9.17, 15) is 4.79 Å². The molecule has 0 aromatic heterocycles. The second-order valence-electron chi connectivity index (χ2n) is 2.02. The van der Waals surface area contributed by atoms with Gasteiger partial charge in [0.15, 0.2) is 0 Å². The van der Waals surface area contributed by atoms with E-state index >= 15 is 0 Å². The Balaban J connectivity index is 3.71. The first kappa shape index (κ1) is 9.17. The zero-order valence-corrected chi connectivity index (χ0v) is 6.29. The SMILES string of the molecule is C/C=C/[C@@H](CO)NC(C)=O. The van der Waals surface area contributed by atoms with Gasteiger partial charge in [0.1, 0.15) is 0 Å². The third-order valence-electron chi connectivity index (χ3n) is 1.01. The molecule has 1 atom stereocenters. The van der Waals surface area contributed by atoms with Crippen LogP contribution >= 0.6 is 0 Å². The topological polar surface area (TPSA) is 49.3 Å². The summed E-state index contributed by atoms with van der Waals surface area (Å²) in [6.45, 7) is 3.21. The predicted molar refractivity (Wildman–Crippen MR) is 39.5 cm³/mol. The van der Waals surface area contributed by atoms with Crippen molar-refractivity contribution in [1.29, 1.82) is 0 Å². The van der Waals surface area contributed by atoms with Gasteiger partial charge in [0, 0.05) is 6.92 Å². The minimum Gasteiger partial charge on any atom is -0.394 e. The van der Waals surface area contributed by atoms with Crippen LogP contribution in [0.2, 0.25) is 0 Å². The van der Waals surface area contributed by atoms with Crippen LogP contribution in [-0.4, -0.2) is 23.7 Å². The summed E-state index contributed by atoms with van der Waals surface area (Å²) < 4.78 is 0. The second-order valence-corrected chi connectivity index (χ2v) is 2.02. The highest BCUT2D eigenvalue weighted by atomic mass is 16.3. The molecule has 0 rings (SSSR count). The van der Waals surface area contributed by atoms with Crippen LogP contribution in [-0.2, 0) is 4.79 Å². The number of carbonyl (C=O) groups excluding carboxylic acids is 1. The van der Waals surface area contributed by atoms with Crippen LogP contribution in [0.5, 0.6) is 0 Å². The van der Waals surface area contributed by atoms with Crippen molar-refractivity contribution in [3.63, 3.8) is 0 Å². The Labute approximate surface area is 60.7 Å². The van der Waals surface area contributed by atoms with Gasteiger partial charge in [0.2, 0.25) is 5.91 Å². The number of aliphatic hydroxyl groups is 1. The van der Waals surface area contributed by atoms with Gasteiger partial charge in [0.25, 0.3) is 0 Å². The number of carbonyl (C=O) groups is 1. The van der Waals surface area contributed by atoms with E-state index < -0.39 is 0 Å². The van der Waals surface area contributed by atoms with Crippen molar-refractivity contribution in [3.05, 3.63) is 12.2 Å². The summed E-state index contributed by atoms with van der Waals surface area (Å²) in [6.07, 6.45) is 3.53. The van der Waals surface area contributed by atoms with Crippen LogP contribution < -0.4 is 5.32 Å². The van der Waals surface area contributed by atoms with Crippen molar-refractivity contribution < 1.29 is 9.90 Å². The van der Waals surface area contributed by atoms with Crippen molar-refractivity contribution in [2.45, 2.75) is 19.9 Å². The van der Waals surface area contributed by atoms with Crippen LogP contribution in [0, 0.1) is 0 Å². The lowest BCUT2D eigenvalue weighted by Gasteiger charge is -2.08. The summed E-state index contributed by atoms with van der Waals surface area (Å²) in [6, 6.07) is -0.234. The number of nitrogens with one attached hydrogen (secondary N) is 1. The monoisotopic (exact) mass is 143 g/mol. The largest absolute Gasteiger partial charge is 0.394 e. The number of hydrogen-bond donors (Lipinski definition) is 2. The van der Waals surface area contributed by atoms with E-state index in [-0.39, 0.29) is 18.6 Å². The van der Waals surface area contributed by atoms with Crippen LogP contribution in [0.1, 0.15) is 13.8 Å². The Kier molecular flexibility index (Phi) is 4.58. The maximum absolute atomic E-state index is 10.4. The van der Waals surface area contributed by atoms with Crippen molar-refractivity contribution >= 4 is 5.91 Å². The van der Waals surface area contributed by atoms with E-state index in [0.29, 0.717) is 0 Å². The summed E-state index contributed by atoms with van der Waals surface area (Å²) in [7, 11) is 0. The standard InChI is InChI=1S/C7H13NO2/c1-3-4-7(5-9)8-6(2)10/h3-4,7,9H,5H2,1-2H3,(H,8,10)/b4-3+/t7-/m0/s1. The van der Waals surface area contributed by atoms with E-state index in [1.165, 1.54) is 6.92 Å². The lowest BCUT2D eigenvalue weighted by Crippen LogP contribution is -2.34. The van der Waals surface area contributed by atoms with E-state index in [2.05, 4.69) is 5.32 Å². The van der Waals surface area contributed by atoms with E-state index in [1.807, 2.05) is 6.92 Å². The van der Waals surface area contributed by atoms with Gasteiger partial charge in [0.05, 0.1) is 12.6 Å². The molecule has 3 heteroatoms. The molecule has 0 aliphatic carbocycles. The van der Waals surface area contributed by atoms with Gasteiger partial charge in [-0.2, -0.15) is 0 Å². The molecule has 0 aromatic rings. The smallest absolute Gasteiger partial charge is 0.217 e. The molecular formula is C7H13NO2. The third kappa shape index (κ3) is 4.09. The van der Waals surface area contributed by atoms with Crippen molar-refractivity contribution in [2.75, 3.05) is 6.61 Å². The van der Waals surface area contributed by atoms with Gasteiger partial charge in [-0.1, -0.05) is 12.2 Å². The third-order valence-corrected chi connectivity index (χ3v) is 1.01. The van der Waals surface area contributed by atoms with E-state index in [1.54, 1.807) is 12.2 Å². The molecule has 0 aliphatic rings. The Morgan fingerprint density at radius 3 is 2.70 bits per heavy atom. The fourth-order valence-electron chi connectivity index (χ4n) is 0.648. The molecule has 0 aliphatic heterocycles. The Morgan fingerprint density at radius 2 is 2.40 bits per heavy atom. The average molecular weight is 143 g/mol. The molecule has 10 heavy (non-hydrogen) atoms. The molecule has 0 aromatic carbocycles. The summed E-state index contributed by atoms with van der Waals surface area (Å²) in [5, 5.41) is 11.2. The van der Waals surface area contributed by atoms with Crippen LogP contribution in [0.4, 0.5) is 0 Å². The molecule has 0 radical (unpaired) electrons. The van der Waals surface area contributed by atoms with Gasteiger partial charge >= 0.3 is 0 Å². The van der Waals surface area contributed by atoms with Gasteiger partial charge in [-0.25, -0.2) is 0 Å².